The van der Waals surface area contributed by atoms with E-state index in [2.05, 4.69) is 25.4 Å². The number of fused-ring (bicyclic) bond motifs is 1. The average molecular weight is 599 g/mol. The maximum atomic E-state index is 15.1. The number of methoxy groups -OCH3 is 1. The number of pyridine rings is 1. The monoisotopic (exact) mass is 598 g/mol. The minimum atomic E-state index is -4.74. The third-order valence-electron chi connectivity index (χ3n) is 6.80. The molecule has 0 spiro atoms. The first-order chi connectivity index (χ1) is 18.9. The molecule has 3 atom stereocenters. The minimum absolute atomic E-state index is 0.0246. The van der Waals surface area contributed by atoms with Gasteiger partial charge in [-0.05, 0) is 26.0 Å². The summed E-state index contributed by atoms with van der Waals surface area (Å²) in [5.74, 6) is -1.14. The van der Waals surface area contributed by atoms with Gasteiger partial charge < -0.3 is 15.8 Å². The number of hydrogen-bond acceptors (Lipinski definition) is 9. The molecule has 5 rings (SSSR count). The molecule has 1 amide bonds. The van der Waals surface area contributed by atoms with Crippen LogP contribution in [0.5, 0.6) is 5.88 Å². The summed E-state index contributed by atoms with van der Waals surface area (Å²) >= 11 is 7.35. The van der Waals surface area contributed by atoms with Crippen LogP contribution < -0.4 is 15.8 Å². The Morgan fingerprint density at radius 1 is 1.30 bits per heavy atom. The molecule has 1 aliphatic rings. The van der Waals surface area contributed by atoms with Crippen molar-refractivity contribution in [3.8, 4) is 17.1 Å². The van der Waals surface area contributed by atoms with E-state index in [9.17, 15) is 18.0 Å². The first-order valence-corrected chi connectivity index (χ1v) is 13.1. The zero-order valence-electron chi connectivity index (χ0n) is 21.3. The number of carbonyl (C=O) groups is 1. The van der Waals surface area contributed by atoms with Crippen molar-refractivity contribution < 1.29 is 27.1 Å². The van der Waals surface area contributed by atoms with Crippen LogP contribution in [0.1, 0.15) is 39.5 Å². The number of amides is 1. The number of rotatable bonds is 6. The maximum Gasteiger partial charge on any atom is 0.418 e. The Kier molecular flexibility index (Phi) is 7.31. The highest BCUT2D eigenvalue weighted by Gasteiger charge is 2.39. The lowest BCUT2D eigenvalue weighted by molar-refractivity contribution is -0.136. The van der Waals surface area contributed by atoms with E-state index in [4.69, 9.17) is 22.1 Å². The number of nitrogen functional groups attached to an aromatic ring is 1. The minimum Gasteiger partial charge on any atom is -0.480 e. The van der Waals surface area contributed by atoms with Crippen LogP contribution in [0, 0.1) is 6.92 Å². The van der Waals surface area contributed by atoms with Crippen molar-refractivity contribution >= 4 is 40.2 Å². The standard InChI is InChI=1S/C24H23ClF4N8O2S/c1-10-19(40-23(25)34-10)11(2)36-7-15(26)16(8-36)35-21(38)13-4-12(6-31-22(13)39-3)17-5-14(24(27,28)29)18-20(30)32-9-33-37(17)18/h4-6,9,11,15-16H,7-8H2,1-3H3,(H,35,38)(H2,30,32,33)/t11?,15-,16+/m0/s1. The smallest absolute Gasteiger partial charge is 0.418 e. The summed E-state index contributed by atoms with van der Waals surface area (Å²) in [5, 5.41) is 6.60. The van der Waals surface area contributed by atoms with Crippen molar-refractivity contribution in [2.24, 2.45) is 0 Å². The highest BCUT2D eigenvalue weighted by molar-refractivity contribution is 7.15. The normalized spacial score (nSPS) is 18.8. The molecule has 0 radical (unpaired) electrons. The van der Waals surface area contributed by atoms with Gasteiger partial charge in [-0.15, -0.1) is 11.3 Å². The second-order valence-electron chi connectivity index (χ2n) is 9.27. The fourth-order valence-corrected chi connectivity index (χ4v) is 6.08. The molecule has 1 fully saturated rings. The fraction of sp³-hybridized carbons (Fsp3) is 0.375. The summed E-state index contributed by atoms with van der Waals surface area (Å²) in [4.78, 5) is 28.1. The van der Waals surface area contributed by atoms with Gasteiger partial charge in [0.05, 0.1) is 30.1 Å². The van der Waals surface area contributed by atoms with E-state index in [1.807, 2.05) is 18.7 Å². The van der Waals surface area contributed by atoms with Gasteiger partial charge in [0, 0.05) is 35.8 Å². The first-order valence-electron chi connectivity index (χ1n) is 11.9. The van der Waals surface area contributed by atoms with Gasteiger partial charge in [0.15, 0.2) is 10.3 Å². The van der Waals surface area contributed by atoms with E-state index in [0.29, 0.717) is 4.47 Å². The SMILES string of the molecule is COc1ncc(-c2cc(C(F)(F)F)c3c(N)ncnn23)cc1C(=O)N[C@@H]1CN(C(C)c2sc(Cl)nc2C)C[C@@H]1F. The molecule has 212 valence electrons. The van der Waals surface area contributed by atoms with E-state index < -0.39 is 35.4 Å². The summed E-state index contributed by atoms with van der Waals surface area (Å²) in [6, 6.07) is 1.13. The number of nitrogens with one attached hydrogen (secondary N) is 1. The zero-order chi connectivity index (χ0) is 28.9. The fourth-order valence-electron chi connectivity index (χ4n) is 4.83. The van der Waals surface area contributed by atoms with Gasteiger partial charge in [0.1, 0.15) is 23.6 Å². The van der Waals surface area contributed by atoms with E-state index >= 15 is 4.39 Å². The molecule has 0 aliphatic carbocycles. The van der Waals surface area contributed by atoms with Crippen LogP contribution in [-0.4, -0.2) is 67.8 Å². The van der Waals surface area contributed by atoms with Crippen molar-refractivity contribution in [2.45, 2.75) is 38.3 Å². The predicted octanol–water partition coefficient (Wildman–Crippen LogP) is 4.33. The van der Waals surface area contributed by atoms with Gasteiger partial charge in [-0.25, -0.2) is 23.9 Å². The molecule has 0 aromatic carbocycles. The number of carbonyl (C=O) groups excluding carboxylic acids is 1. The number of hydrogen-bond donors (Lipinski definition) is 2. The number of thiazole rings is 1. The number of nitrogens with zero attached hydrogens (tertiary/aromatic N) is 6. The third-order valence-corrected chi connectivity index (χ3v) is 8.23. The van der Waals surface area contributed by atoms with Crippen molar-refractivity contribution in [3.05, 3.63) is 50.8 Å². The molecule has 0 bridgehead atoms. The van der Waals surface area contributed by atoms with Gasteiger partial charge in [-0.1, -0.05) is 11.6 Å². The van der Waals surface area contributed by atoms with Crippen LogP contribution in [0.2, 0.25) is 4.47 Å². The van der Waals surface area contributed by atoms with E-state index in [1.165, 1.54) is 30.7 Å². The Hall–Kier alpha value is -3.56. The molecular formula is C24H23ClF4N8O2S. The highest BCUT2D eigenvalue weighted by atomic mass is 35.5. The second kappa shape index (κ2) is 10.4. The van der Waals surface area contributed by atoms with Crippen molar-refractivity contribution in [1.29, 1.82) is 0 Å². The molecule has 1 unspecified atom stereocenters. The molecule has 4 aromatic heterocycles. The topological polar surface area (TPSA) is 124 Å². The summed E-state index contributed by atoms with van der Waals surface area (Å²) in [7, 11) is 1.29. The Morgan fingerprint density at radius 3 is 2.70 bits per heavy atom. The molecule has 1 aliphatic heterocycles. The Morgan fingerprint density at radius 2 is 2.05 bits per heavy atom. The van der Waals surface area contributed by atoms with E-state index in [1.54, 1.807) is 0 Å². The number of anilines is 1. The predicted molar refractivity (Wildman–Crippen MR) is 140 cm³/mol. The highest BCUT2D eigenvalue weighted by Crippen LogP contribution is 2.39. The number of ether oxygens (including phenoxy) is 1. The number of aromatic nitrogens is 5. The van der Waals surface area contributed by atoms with Crippen LogP contribution in [0.3, 0.4) is 0 Å². The molecule has 10 nitrogen and oxygen atoms in total. The van der Waals surface area contributed by atoms with Crippen molar-refractivity contribution in [1.82, 2.24) is 34.8 Å². The summed E-state index contributed by atoms with van der Waals surface area (Å²) in [5.41, 5.74) is 5.04. The lowest BCUT2D eigenvalue weighted by Crippen LogP contribution is -2.41. The second-order valence-corrected chi connectivity index (χ2v) is 10.9. The average Bonchev–Trinajstić information content (AvgIpc) is 3.58. The Labute approximate surface area is 234 Å². The zero-order valence-corrected chi connectivity index (χ0v) is 22.9. The molecule has 1 saturated heterocycles. The molecule has 3 N–H and O–H groups in total. The molecule has 4 aromatic rings. The quantitative estimate of drug-likeness (QED) is 0.314. The number of aryl methyl sites for hydroxylation is 1. The number of alkyl halides is 4. The van der Waals surface area contributed by atoms with Gasteiger partial charge in [-0.2, -0.15) is 18.3 Å². The van der Waals surface area contributed by atoms with Gasteiger partial charge in [0.25, 0.3) is 5.91 Å². The molecular weight excluding hydrogens is 576 g/mol. The number of likely N-dealkylation sites (tertiary alicyclic amines) is 1. The Balaban J connectivity index is 1.43. The summed E-state index contributed by atoms with van der Waals surface area (Å²) in [6.45, 7) is 4.04. The van der Waals surface area contributed by atoms with Gasteiger partial charge in [0.2, 0.25) is 5.88 Å². The molecule has 40 heavy (non-hydrogen) atoms. The maximum absolute atomic E-state index is 15.1. The lowest BCUT2D eigenvalue weighted by Gasteiger charge is -2.23. The van der Waals surface area contributed by atoms with Crippen molar-refractivity contribution in [2.75, 3.05) is 25.9 Å². The lowest BCUT2D eigenvalue weighted by atomic mass is 10.1. The van der Waals surface area contributed by atoms with Crippen LogP contribution in [0.4, 0.5) is 23.4 Å². The molecule has 0 saturated carbocycles. The Bertz CT molecular complexity index is 1590. The largest absolute Gasteiger partial charge is 0.480 e. The number of halogens is 5. The van der Waals surface area contributed by atoms with Gasteiger partial charge >= 0.3 is 6.18 Å². The van der Waals surface area contributed by atoms with Gasteiger partial charge in [-0.3, -0.25) is 9.69 Å². The summed E-state index contributed by atoms with van der Waals surface area (Å²) < 4.78 is 63.0. The first kappa shape index (κ1) is 28.0. The van der Waals surface area contributed by atoms with E-state index in [-0.39, 0.29) is 47.7 Å². The van der Waals surface area contributed by atoms with Crippen LogP contribution >= 0.6 is 22.9 Å². The molecule has 16 heteroatoms. The van der Waals surface area contributed by atoms with Crippen LogP contribution in [0.25, 0.3) is 16.8 Å². The molecule has 5 heterocycles. The summed E-state index contributed by atoms with van der Waals surface area (Å²) in [6.07, 6.45) is -3.85. The number of nitrogens with two attached hydrogens (primary N) is 1. The van der Waals surface area contributed by atoms with E-state index in [0.717, 1.165) is 27.5 Å². The van der Waals surface area contributed by atoms with Crippen LogP contribution in [0.15, 0.2) is 24.7 Å². The van der Waals surface area contributed by atoms with Crippen molar-refractivity contribution in [3.63, 3.8) is 0 Å². The van der Waals surface area contributed by atoms with Crippen LogP contribution in [-0.2, 0) is 6.18 Å². The third kappa shape index (κ3) is 5.04.